The first-order valence-electron chi connectivity index (χ1n) is 8.26. The van der Waals surface area contributed by atoms with Gasteiger partial charge in [0.1, 0.15) is 0 Å². The Morgan fingerprint density at radius 2 is 1.78 bits per heavy atom. The zero-order valence-corrected chi connectivity index (χ0v) is 15.7. The molecule has 0 spiro atoms. The van der Waals surface area contributed by atoms with Crippen LogP contribution in [0.3, 0.4) is 0 Å². The highest BCUT2D eigenvalue weighted by atomic mass is 35.5. The molecule has 1 aliphatic rings. The van der Waals surface area contributed by atoms with Gasteiger partial charge in [-0.15, -0.1) is 24.8 Å². The van der Waals surface area contributed by atoms with E-state index in [0.29, 0.717) is 6.04 Å². The van der Waals surface area contributed by atoms with Crippen molar-refractivity contribution in [1.82, 2.24) is 15.2 Å². The van der Waals surface area contributed by atoms with E-state index in [1.807, 2.05) is 0 Å². The van der Waals surface area contributed by atoms with Crippen molar-refractivity contribution in [2.75, 3.05) is 26.2 Å². The number of aromatic amines is 1. The van der Waals surface area contributed by atoms with Gasteiger partial charge in [-0.25, -0.2) is 0 Å². The molecule has 1 saturated heterocycles. The Morgan fingerprint density at radius 3 is 2.48 bits per heavy atom. The fraction of sp³-hybridized carbons (Fsp3) is 0.556. The molecule has 3 nitrogen and oxygen atoms in total. The second-order valence-corrected chi connectivity index (χ2v) is 6.56. The molecule has 0 bridgehead atoms. The van der Waals surface area contributed by atoms with Crippen LogP contribution >= 0.6 is 24.8 Å². The quantitative estimate of drug-likeness (QED) is 0.830. The third-order valence-electron chi connectivity index (χ3n) is 4.60. The van der Waals surface area contributed by atoms with Gasteiger partial charge in [0.05, 0.1) is 0 Å². The number of hydrogen-bond acceptors (Lipinski definition) is 2. The minimum atomic E-state index is 0. The molecule has 1 aliphatic heterocycles. The van der Waals surface area contributed by atoms with Crippen LogP contribution in [0.15, 0.2) is 30.5 Å². The molecular weight excluding hydrogens is 329 g/mol. The summed E-state index contributed by atoms with van der Waals surface area (Å²) in [6, 6.07) is 9.47. The lowest BCUT2D eigenvalue weighted by atomic mass is 9.93. The van der Waals surface area contributed by atoms with Crippen LogP contribution in [0.25, 0.3) is 10.9 Å². The minimum absolute atomic E-state index is 0. The predicted molar refractivity (Wildman–Crippen MR) is 104 cm³/mol. The van der Waals surface area contributed by atoms with Crippen LogP contribution in [-0.2, 0) is 0 Å². The third kappa shape index (κ3) is 4.87. The number of H-pyrrole nitrogens is 1. The van der Waals surface area contributed by atoms with Crippen molar-refractivity contribution in [3.05, 3.63) is 36.0 Å². The van der Waals surface area contributed by atoms with Crippen LogP contribution in [0.4, 0.5) is 0 Å². The van der Waals surface area contributed by atoms with E-state index in [2.05, 4.69) is 59.5 Å². The Morgan fingerprint density at radius 1 is 1.04 bits per heavy atom. The molecule has 2 N–H and O–H groups in total. The van der Waals surface area contributed by atoms with Gasteiger partial charge >= 0.3 is 0 Å². The molecule has 5 heteroatoms. The highest BCUT2D eigenvalue weighted by Gasteiger charge is 2.23. The van der Waals surface area contributed by atoms with Crippen LogP contribution in [0.1, 0.15) is 38.3 Å². The molecule has 0 unspecified atom stereocenters. The fourth-order valence-corrected chi connectivity index (χ4v) is 3.42. The molecule has 2 heterocycles. The van der Waals surface area contributed by atoms with Gasteiger partial charge < -0.3 is 10.3 Å². The Labute approximate surface area is 152 Å². The van der Waals surface area contributed by atoms with E-state index in [1.54, 1.807) is 0 Å². The predicted octanol–water partition coefficient (Wildman–Crippen LogP) is 4.39. The molecule has 130 valence electrons. The van der Waals surface area contributed by atoms with Gasteiger partial charge in [-0.05, 0) is 36.5 Å². The second-order valence-electron chi connectivity index (χ2n) is 6.56. The van der Waals surface area contributed by atoms with Gasteiger partial charge in [0.15, 0.2) is 0 Å². The van der Waals surface area contributed by atoms with Crippen molar-refractivity contribution in [1.29, 1.82) is 0 Å². The largest absolute Gasteiger partial charge is 0.361 e. The number of rotatable bonds is 5. The van der Waals surface area contributed by atoms with Crippen molar-refractivity contribution >= 4 is 35.7 Å². The van der Waals surface area contributed by atoms with Crippen molar-refractivity contribution in [2.45, 2.75) is 32.7 Å². The summed E-state index contributed by atoms with van der Waals surface area (Å²) in [7, 11) is 0. The molecule has 3 rings (SSSR count). The molecule has 0 aliphatic carbocycles. The number of piperazine rings is 1. The molecule has 1 aromatic carbocycles. The average molecular weight is 358 g/mol. The van der Waals surface area contributed by atoms with E-state index >= 15 is 0 Å². The standard InChI is InChI=1S/C18H27N3.2ClH/c1-14(2)6-7-18(21-12-10-19-11-13-21)16-4-3-5-17-15(16)8-9-20-17;;/h3-5,8-9,14,18-20H,6-7,10-13H2,1-2H3;2*1H/t18-;;/m1../s1. The number of halogens is 2. The summed E-state index contributed by atoms with van der Waals surface area (Å²) in [4.78, 5) is 6.02. The van der Waals surface area contributed by atoms with Gasteiger partial charge in [-0.3, -0.25) is 4.90 Å². The summed E-state index contributed by atoms with van der Waals surface area (Å²) >= 11 is 0. The topological polar surface area (TPSA) is 31.1 Å². The van der Waals surface area contributed by atoms with Crippen LogP contribution in [0.2, 0.25) is 0 Å². The first-order valence-corrected chi connectivity index (χ1v) is 8.26. The van der Waals surface area contributed by atoms with Crippen molar-refractivity contribution in [3.63, 3.8) is 0 Å². The van der Waals surface area contributed by atoms with Gasteiger partial charge in [0.2, 0.25) is 0 Å². The number of nitrogens with zero attached hydrogens (tertiary/aromatic N) is 1. The Kier molecular flexibility index (Phi) is 8.41. The van der Waals surface area contributed by atoms with Crippen molar-refractivity contribution < 1.29 is 0 Å². The zero-order valence-electron chi connectivity index (χ0n) is 14.0. The highest BCUT2D eigenvalue weighted by molar-refractivity contribution is 5.85. The van der Waals surface area contributed by atoms with E-state index < -0.39 is 0 Å². The van der Waals surface area contributed by atoms with E-state index in [0.717, 1.165) is 32.1 Å². The Bertz CT molecular complexity index is 576. The van der Waals surface area contributed by atoms with E-state index in [1.165, 1.54) is 29.3 Å². The normalized spacial score (nSPS) is 16.8. The summed E-state index contributed by atoms with van der Waals surface area (Å²) in [5.74, 6) is 0.765. The van der Waals surface area contributed by atoms with Crippen LogP contribution in [0, 0.1) is 5.92 Å². The fourth-order valence-electron chi connectivity index (χ4n) is 3.42. The first-order chi connectivity index (χ1) is 10.3. The van der Waals surface area contributed by atoms with Crippen molar-refractivity contribution in [3.8, 4) is 0 Å². The summed E-state index contributed by atoms with van der Waals surface area (Å²) in [6.07, 6.45) is 4.60. The second kappa shape index (κ2) is 9.53. The molecule has 1 atom stereocenters. The lowest BCUT2D eigenvalue weighted by molar-refractivity contribution is 0.161. The summed E-state index contributed by atoms with van der Waals surface area (Å²) in [5.41, 5.74) is 2.76. The van der Waals surface area contributed by atoms with Crippen molar-refractivity contribution in [2.24, 2.45) is 5.92 Å². The Balaban J connectivity index is 0.00000132. The smallest absolute Gasteiger partial charge is 0.0457 e. The zero-order chi connectivity index (χ0) is 14.7. The molecule has 1 aromatic heterocycles. The monoisotopic (exact) mass is 357 g/mol. The third-order valence-corrected chi connectivity index (χ3v) is 4.60. The van der Waals surface area contributed by atoms with Gasteiger partial charge in [-0.2, -0.15) is 0 Å². The lowest BCUT2D eigenvalue weighted by Gasteiger charge is -2.36. The molecule has 0 amide bonds. The first kappa shape index (κ1) is 20.3. The summed E-state index contributed by atoms with van der Waals surface area (Å²) in [5, 5.41) is 4.86. The highest BCUT2D eigenvalue weighted by Crippen LogP contribution is 2.32. The Hall–Kier alpha value is -0.740. The maximum absolute atomic E-state index is 3.47. The van der Waals surface area contributed by atoms with Gasteiger partial charge in [0, 0.05) is 49.3 Å². The van der Waals surface area contributed by atoms with Crippen LogP contribution < -0.4 is 5.32 Å². The molecule has 0 saturated carbocycles. The van der Waals surface area contributed by atoms with E-state index in [4.69, 9.17) is 0 Å². The number of fused-ring (bicyclic) bond motifs is 1. The summed E-state index contributed by atoms with van der Waals surface area (Å²) < 4.78 is 0. The molecule has 2 aromatic rings. The number of nitrogens with one attached hydrogen (secondary N) is 2. The van der Waals surface area contributed by atoms with Crippen LogP contribution in [0.5, 0.6) is 0 Å². The molecular formula is C18H29Cl2N3. The van der Waals surface area contributed by atoms with E-state index in [-0.39, 0.29) is 24.8 Å². The van der Waals surface area contributed by atoms with E-state index in [9.17, 15) is 0 Å². The molecule has 1 fully saturated rings. The molecule has 0 radical (unpaired) electrons. The number of benzene rings is 1. The number of aromatic nitrogens is 1. The summed E-state index contributed by atoms with van der Waals surface area (Å²) in [6.45, 7) is 9.19. The maximum atomic E-state index is 3.47. The lowest BCUT2D eigenvalue weighted by Crippen LogP contribution is -2.45. The maximum Gasteiger partial charge on any atom is 0.0457 e. The number of hydrogen-bond donors (Lipinski definition) is 2. The molecule has 23 heavy (non-hydrogen) atoms. The van der Waals surface area contributed by atoms with Crippen LogP contribution in [-0.4, -0.2) is 36.1 Å². The minimum Gasteiger partial charge on any atom is -0.361 e. The average Bonchev–Trinajstić information content (AvgIpc) is 2.97. The van der Waals surface area contributed by atoms with Gasteiger partial charge in [0.25, 0.3) is 0 Å². The van der Waals surface area contributed by atoms with Gasteiger partial charge in [-0.1, -0.05) is 26.0 Å². The SMILES string of the molecule is CC(C)CC[C@H](c1cccc2[nH]ccc12)N1CCNCC1.Cl.Cl.